The molecule has 0 radical (unpaired) electrons. The van der Waals surface area contributed by atoms with Crippen molar-refractivity contribution in [2.45, 2.75) is 32.7 Å². The molecule has 1 aliphatic rings. The lowest BCUT2D eigenvalue weighted by atomic mass is 10.1. The molecule has 1 amide bonds. The van der Waals surface area contributed by atoms with Crippen molar-refractivity contribution in [3.8, 4) is 0 Å². The predicted octanol–water partition coefficient (Wildman–Crippen LogP) is 0.521. The molecule has 0 aliphatic carbocycles. The number of nitrogens with zero attached hydrogens (tertiary/aromatic N) is 4. The Morgan fingerprint density at radius 2 is 2.06 bits per heavy atom. The Kier molecular flexibility index (Phi) is 3.21. The van der Waals surface area contributed by atoms with Crippen molar-refractivity contribution in [2.24, 2.45) is 0 Å². The molecule has 1 aromatic rings. The van der Waals surface area contributed by atoms with E-state index in [1.807, 2.05) is 20.9 Å². The normalized spacial score (nSPS) is 20.5. The SMILES string of the molecule is Cc1nnc(NC2CCC(=O)N(C)C2)nc1C. The van der Waals surface area contributed by atoms with E-state index >= 15 is 0 Å². The molecule has 1 saturated heterocycles. The number of rotatable bonds is 2. The highest BCUT2D eigenvalue weighted by Gasteiger charge is 2.23. The number of nitrogens with one attached hydrogen (secondary N) is 1. The molecule has 0 spiro atoms. The highest BCUT2D eigenvalue weighted by Crippen LogP contribution is 2.13. The van der Waals surface area contributed by atoms with Crippen LogP contribution in [0.2, 0.25) is 0 Å². The van der Waals surface area contributed by atoms with Crippen molar-refractivity contribution in [2.75, 3.05) is 18.9 Å². The molecule has 0 aromatic carbocycles. The Labute approximate surface area is 100 Å². The van der Waals surface area contributed by atoms with Gasteiger partial charge in [-0.25, -0.2) is 4.98 Å². The Hall–Kier alpha value is -1.72. The molecule has 1 aromatic heterocycles. The van der Waals surface area contributed by atoms with Crippen molar-refractivity contribution in [1.82, 2.24) is 20.1 Å². The van der Waals surface area contributed by atoms with Crippen LogP contribution < -0.4 is 5.32 Å². The minimum absolute atomic E-state index is 0.196. The number of piperidine rings is 1. The number of hydrogen-bond donors (Lipinski definition) is 1. The zero-order valence-electron chi connectivity index (χ0n) is 10.4. The van der Waals surface area contributed by atoms with E-state index in [1.165, 1.54) is 0 Å². The second kappa shape index (κ2) is 4.65. The summed E-state index contributed by atoms with van der Waals surface area (Å²) in [5.41, 5.74) is 1.72. The van der Waals surface area contributed by atoms with Crippen LogP contribution in [0, 0.1) is 13.8 Å². The third-order valence-electron chi connectivity index (χ3n) is 3.05. The molecule has 17 heavy (non-hydrogen) atoms. The third-order valence-corrected chi connectivity index (χ3v) is 3.05. The summed E-state index contributed by atoms with van der Waals surface area (Å²) in [6, 6.07) is 0.210. The fraction of sp³-hybridized carbons (Fsp3) is 0.636. The second-order valence-corrected chi connectivity index (χ2v) is 4.46. The van der Waals surface area contributed by atoms with E-state index in [4.69, 9.17) is 0 Å². The summed E-state index contributed by atoms with van der Waals surface area (Å²) in [5, 5.41) is 11.2. The van der Waals surface area contributed by atoms with Gasteiger partial charge in [0, 0.05) is 26.1 Å². The van der Waals surface area contributed by atoms with Crippen LogP contribution in [0.3, 0.4) is 0 Å². The summed E-state index contributed by atoms with van der Waals surface area (Å²) in [5.74, 6) is 0.739. The smallest absolute Gasteiger partial charge is 0.243 e. The molecule has 6 heteroatoms. The summed E-state index contributed by atoms with van der Waals surface area (Å²) in [6.45, 7) is 4.48. The summed E-state index contributed by atoms with van der Waals surface area (Å²) in [7, 11) is 1.82. The first-order valence-electron chi connectivity index (χ1n) is 5.74. The zero-order valence-corrected chi connectivity index (χ0v) is 10.4. The van der Waals surface area contributed by atoms with Gasteiger partial charge in [-0.05, 0) is 20.3 Å². The van der Waals surface area contributed by atoms with Crippen LogP contribution in [0.4, 0.5) is 5.95 Å². The van der Waals surface area contributed by atoms with Crippen LogP contribution in [-0.2, 0) is 4.79 Å². The van der Waals surface area contributed by atoms with Crippen molar-refractivity contribution in [3.63, 3.8) is 0 Å². The van der Waals surface area contributed by atoms with Gasteiger partial charge < -0.3 is 10.2 Å². The average Bonchev–Trinajstić information content (AvgIpc) is 2.29. The monoisotopic (exact) mass is 235 g/mol. The number of aryl methyl sites for hydroxylation is 2. The molecule has 0 bridgehead atoms. The van der Waals surface area contributed by atoms with Gasteiger partial charge in [-0.2, -0.15) is 5.10 Å². The number of carbonyl (C=O) groups is 1. The fourth-order valence-electron chi connectivity index (χ4n) is 1.83. The van der Waals surface area contributed by atoms with Crippen molar-refractivity contribution in [1.29, 1.82) is 0 Å². The van der Waals surface area contributed by atoms with Gasteiger partial charge in [-0.15, -0.1) is 5.10 Å². The topological polar surface area (TPSA) is 71.0 Å². The van der Waals surface area contributed by atoms with Crippen molar-refractivity contribution < 1.29 is 4.79 Å². The van der Waals surface area contributed by atoms with Crippen LogP contribution in [0.1, 0.15) is 24.2 Å². The maximum absolute atomic E-state index is 11.3. The van der Waals surface area contributed by atoms with Crippen LogP contribution in [-0.4, -0.2) is 45.6 Å². The number of carbonyl (C=O) groups excluding carboxylic acids is 1. The van der Waals surface area contributed by atoms with Gasteiger partial charge >= 0.3 is 0 Å². The number of anilines is 1. The van der Waals surface area contributed by atoms with E-state index in [9.17, 15) is 4.79 Å². The van der Waals surface area contributed by atoms with Crippen LogP contribution in [0.25, 0.3) is 0 Å². The summed E-state index contributed by atoms with van der Waals surface area (Å²) in [6.07, 6.45) is 1.39. The second-order valence-electron chi connectivity index (χ2n) is 4.46. The van der Waals surface area contributed by atoms with E-state index in [0.29, 0.717) is 18.9 Å². The Bertz CT molecular complexity index is 434. The number of amides is 1. The molecular weight excluding hydrogens is 218 g/mol. The van der Waals surface area contributed by atoms with Crippen LogP contribution in [0.15, 0.2) is 0 Å². The molecule has 0 saturated carbocycles. The largest absolute Gasteiger partial charge is 0.348 e. The first-order valence-corrected chi connectivity index (χ1v) is 5.74. The zero-order chi connectivity index (χ0) is 12.4. The Morgan fingerprint density at radius 3 is 2.71 bits per heavy atom. The van der Waals surface area contributed by atoms with Gasteiger partial charge in [0.2, 0.25) is 11.9 Å². The molecular formula is C11H17N5O. The van der Waals surface area contributed by atoms with Gasteiger partial charge in [0.1, 0.15) is 0 Å². The lowest BCUT2D eigenvalue weighted by Crippen LogP contribution is -2.43. The summed E-state index contributed by atoms with van der Waals surface area (Å²) < 4.78 is 0. The lowest BCUT2D eigenvalue weighted by molar-refractivity contribution is -0.132. The quantitative estimate of drug-likeness (QED) is 0.809. The molecule has 6 nitrogen and oxygen atoms in total. The van der Waals surface area contributed by atoms with Crippen LogP contribution in [0.5, 0.6) is 0 Å². The molecule has 2 rings (SSSR count). The standard InChI is InChI=1S/C11H17N5O/c1-7-8(2)14-15-11(12-7)13-9-4-5-10(17)16(3)6-9/h9H,4-6H2,1-3H3,(H,12,13,15). The van der Waals surface area contributed by atoms with Gasteiger partial charge in [0.15, 0.2) is 0 Å². The number of likely N-dealkylation sites (N-methyl/N-ethyl adjacent to an activating group) is 1. The minimum Gasteiger partial charge on any atom is -0.348 e. The number of likely N-dealkylation sites (tertiary alicyclic amines) is 1. The maximum Gasteiger partial charge on any atom is 0.243 e. The van der Waals surface area contributed by atoms with E-state index < -0.39 is 0 Å². The first-order chi connectivity index (χ1) is 8.06. The average molecular weight is 235 g/mol. The highest BCUT2D eigenvalue weighted by atomic mass is 16.2. The Balaban J connectivity index is 2.01. The van der Waals surface area contributed by atoms with Gasteiger partial charge in [0.05, 0.1) is 11.4 Å². The maximum atomic E-state index is 11.3. The summed E-state index contributed by atoms with van der Waals surface area (Å²) in [4.78, 5) is 17.4. The Morgan fingerprint density at radius 1 is 1.29 bits per heavy atom. The van der Waals surface area contributed by atoms with Gasteiger partial charge in [-0.3, -0.25) is 4.79 Å². The van der Waals surface area contributed by atoms with Gasteiger partial charge in [0.25, 0.3) is 0 Å². The van der Waals surface area contributed by atoms with E-state index in [1.54, 1.807) is 4.90 Å². The molecule has 2 heterocycles. The fourth-order valence-corrected chi connectivity index (χ4v) is 1.83. The summed E-state index contributed by atoms with van der Waals surface area (Å²) >= 11 is 0. The van der Waals surface area contributed by atoms with E-state index in [2.05, 4.69) is 20.5 Å². The number of hydrogen-bond acceptors (Lipinski definition) is 5. The van der Waals surface area contributed by atoms with Crippen LogP contribution >= 0.6 is 0 Å². The third kappa shape index (κ3) is 2.69. The van der Waals surface area contributed by atoms with E-state index in [-0.39, 0.29) is 11.9 Å². The van der Waals surface area contributed by atoms with Gasteiger partial charge in [-0.1, -0.05) is 0 Å². The molecule has 1 N–H and O–H groups in total. The van der Waals surface area contributed by atoms with Crippen molar-refractivity contribution in [3.05, 3.63) is 11.4 Å². The van der Waals surface area contributed by atoms with Crippen molar-refractivity contribution >= 4 is 11.9 Å². The molecule has 1 atom stereocenters. The van der Waals surface area contributed by atoms with E-state index in [0.717, 1.165) is 17.8 Å². The molecule has 1 aliphatic heterocycles. The molecule has 92 valence electrons. The highest BCUT2D eigenvalue weighted by molar-refractivity contribution is 5.76. The first kappa shape index (κ1) is 11.8. The molecule has 1 fully saturated rings. The number of aromatic nitrogens is 3. The minimum atomic E-state index is 0.196. The molecule has 1 unspecified atom stereocenters. The predicted molar refractivity (Wildman–Crippen MR) is 63.6 cm³/mol. The lowest BCUT2D eigenvalue weighted by Gasteiger charge is -2.30.